The van der Waals surface area contributed by atoms with E-state index >= 15 is 0 Å². The molecule has 0 bridgehead atoms. The first kappa shape index (κ1) is 15.9. The van der Waals surface area contributed by atoms with Crippen LogP contribution in [0, 0.1) is 5.41 Å². The summed E-state index contributed by atoms with van der Waals surface area (Å²) in [7, 11) is 0. The number of benzene rings is 2. The van der Waals surface area contributed by atoms with Gasteiger partial charge < -0.3 is 11.5 Å². The number of nitrogens with two attached hydrogens (primary N) is 2. The van der Waals surface area contributed by atoms with E-state index in [0.717, 1.165) is 68.5 Å². The highest BCUT2D eigenvalue weighted by Crippen LogP contribution is 2.64. The first-order valence-corrected chi connectivity index (χ1v) is 9.79. The number of rotatable bonds is 0. The van der Waals surface area contributed by atoms with Crippen molar-refractivity contribution in [3.05, 3.63) is 71.0 Å². The van der Waals surface area contributed by atoms with E-state index in [-0.39, 0.29) is 10.8 Å². The van der Waals surface area contributed by atoms with E-state index in [1.807, 2.05) is 36.4 Å². The number of nitrogens with zero attached hydrogens (tertiary/aromatic N) is 2. The number of hydrogen-bond acceptors (Lipinski definition) is 4. The van der Waals surface area contributed by atoms with Gasteiger partial charge in [-0.2, -0.15) is 0 Å². The fourth-order valence-electron chi connectivity index (χ4n) is 5.84. The van der Waals surface area contributed by atoms with Crippen LogP contribution in [0.25, 0.3) is 21.8 Å². The van der Waals surface area contributed by atoms with Gasteiger partial charge in [0.05, 0.1) is 11.0 Å². The van der Waals surface area contributed by atoms with Crippen LogP contribution >= 0.6 is 0 Å². The fourth-order valence-corrected chi connectivity index (χ4v) is 5.84. The highest BCUT2D eigenvalue weighted by molar-refractivity contribution is 5.97. The lowest BCUT2D eigenvalue weighted by atomic mass is 9.65. The molecule has 138 valence electrons. The van der Waals surface area contributed by atoms with Crippen LogP contribution < -0.4 is 11.5 Å². The van der Waals surface area contributed by atoms with Crippen molar-refractivity contribution in [2.24, 2.45) is 5.41 Å². The van der Waals surface area contributed by atoms with Gasteiger partial charge in [-0.05, 0) is 30.4 Å². The van der Waals surface area contributed by atoms with E-state index in [0.29, 0.717) is 0 Å². The lowest BCUT2D eigenvalue weighted by Crippen LogP contribution is -2.36. The predicted octanol–water partition coefficient (Wildman–Crippen LogP) is 4.37. The molecule has 0 amide bonds. The van der Waals surface area contributed by atoms with Crippen LogP contribution in [0.1, 0.15) is 36.4 Å². The minimum absolute atomic E-state index is 0.0331. The maximum atomic E-state index is 6.79. The molecule has 0 atom stereocenters. The zero-order valence-corrected chi connectivity index (χ0v) is 16.1. The first-order chi connectivity index (χ1) is 13.4. The summed E-state index contributed by atoms with van der Waals surface area (Å²) in [5.74, 6) is 0. The zero-order valence-electron chi connectivity index (χ0n) is 16.1. The number of anilines is 2. The molecular formula is C24H22N4. The molecule has 4 nitrogen and oxygen atoms in total. The molecule has 4 aromatic rings. The third kappa shape index (κ3) is 1.63. The molecule has 28 heavy (non-hydrogen) atoms. The quantitative estimate of drug-likeness (QED) is 0.484. The molecule has 6 rings (SSSR count). The number of pyridine rings is 2. The Hall–Kier alpha value is -3.14. The summed E-state index contributed by atoms with van der Waals surface area (Å²) in [4.78, 5) is 10.0. The summed E-state index contributed by atoms with van der Waals surface area (Å²) in [6, 6.07) is 16.3. The standard InChI is InChI=1S/C24H22N4/c1-23-11-17-19(21(25)13-7-3-5-9-15(13)27-17)24(23,2)20-18(12-23)28-16-10-6-4-8-14(16)22(20)26/h3-10H,11-12H2,1-2H3,(H2,25,27)(H2,26,28). The Labute approximate surface area is 163 Å². The Balaban J connectivity index is 1.75. The number of para-hydroxylation sites is 2. The number of fused-ring (bicyclic) bond motifs is 7. The molecule has 0 unspecified atom stereocenters. The Bertz CT molecular complexity index is 1230. The van der Waals surface area contributed by atoms with Crippen molar-refractivity contribution in [3.8, 4) is 0 Å². The molecule has 2 aliphatic rings. The van der Waals surface area contributed by atoms with Crippen LogP contribution in [0.3, 0.4) is 0 Å². The van der Waals surface area contributed by atoms with Crippen LogP contribution in [0.15, 0.2) is 48.5 Å². The Kier molecular flexibility index (Phi) is 2.73. The third-order valence-electron chi connectivity index (χ3n) is 7.34. The third-order valence-corrected chi connectivity index (χ3v) is 7.34. The monoisotopic (exact) mass is 366 g/mol. The largest absolute Gasteiger partial charge is 0.398 e. The minimum Gasteiger partial charge on any atom is -0.398 e. The normalized spacial score (nSPS) is 25.1. The second-order valence-electron chi connectivity index (χ2n) is 8.77. The van der Waals surface area contributed by atoms with E-state index in [4.69, 9.17) is 21.4 Å². The van der Waals surface area contributed by atoms with Crippen molar-refractivity contribution >= 4 is 33.2 Å². The molecule has 0 fully saturated rings. The van der Waals surface area contributed by atoms with Gasteiger partial charge in [0.15, 0.2) is 0 Å². The van der Waals surface area contributed by atoms with Crippen LogP contribution in [0.5, 0.6) is 0 Å². The predicted molar refractivity (Wildman–Crippen MR) is 114 cm³/mol. The molecule has 2 aliphatic carbocycles. The molecule has 0 saturated heterocycles. The van der Waals surface area contributed by atoms with E-state index < -0.39 is 0 Å². The topological polar surface area (TPSA) is 77.8 Å². The van der Waals surface area contributed by atoms with Crippen molar-refractivity contribution in [2.45, 2.75) is 32.1 Å². The summed E-state index contributed by atoms with van der Waals surface area (Å²) in [5, 5.41) is 2.04. The Morgan fingerprint density at radius 3 is 1.61 bits per heavy atom. The summed E-state index contributed by atoms with van der Waals surface area (Å²) in [6.07, 6.45) is 1.78. The van der Waals surface area contributed by atoms with E-state index in [9.17, 15) is 0 Å². The fraction of sp³-hybridized carbons (Fsp3) is 0.250. The van der Waals surface area contributed by atoms with Crippen molar-refractivity contribution in [1.29, 1.82) is 0 Å². The van der Waals surface area contributed by atoms with Gasteiger partial charge in [-0.25, -0.2) is 0 Å². The summed E-state index contributed by atoms with van der Waals surface area (Å²) >= 11 is 0. The second kappa shape index (κ2) is 4.82. The minimum atomic E-state index is -0.292. The molecule has 2 aromatic heterocycles. The van der Waals surface area contributed by atoms with E-state index in [1.165, 1.54) is 0 Å². The number of aromatic nitrogens is 2. The maximum absolute atomic E-state index is 6.79. The van der Waals surface area contributed by atoms with Crippen molar-refractivity contribution in [1.82, 2.24) is 9.97 Å². The van der Waals surface area contributed by atoms with Crippen LogP contribution in [0.4, 0.5) is 11.4 Å². The van der Waals surface area contributed by atoms with Gasteiger partial charge in [-0.1, -0.05) is 50.2 Å². The van der Waals surface area contributed by atoms with Crippen LogP contribution in [-0.2, 0) is 18.3 Å². The van der Waals surface area contributed by atoms with E-state index in [2.05, 4.69) is 26.0 Å². The van der Waals surface area contributed by atoms with E-state index in [1.54, 1.807) is 0 Å². The van der Waals surface area contributed by atoms with Gasteiger partial charge in [-0.15, -0.1) is 0 Å². The Morgan fingerprint density at radius 2 is 1.14 bits per heavy atom. The molecule has 4 N–H and O–H groups in total. The molecule has 0 aliphatic heterocycles. The molecule has 2 aromatic carbocycles. The van der Waals surface area contributed by atoms with Gasteiger partial charge in [0.1, 0.15) is 0 Å². The van der Waals surface area contributed by atoms with Crippen molar-refractivity contribution in [3.63, 3.8) is 0 Å². The molecule has 0 saturated carbocycles. The maximum Gasteiger partial charge on any atom is 0.0726 e. The molecular weight excluding hydrogens is 344 g/mol. The van der Waals surface area contributed by atoms with Crippen molar-refractivity contribution < 1.29 is 0 Å². The van der Waals surface area contributed by atoms with Crippen molar-refractivity contribution in [2.75, 3.05) is 11.5 Å². The lowest BCUT2D eigenvalue weighted by Gasteiger charge is -2.37. The van der Waals surface area contributed by atoms with Gasteiger partial charge in [-0.3, -0.25) is 9.97 Å². The van der Waals surface area contributed by atoms with Gasteiger partial charge in [0.2, 0.25) is 0 Å². The molecule has 2 heterocycles. The number of nitrogen functional groups attached to an aromatic ring is 2. The van der Waals surface area contributed by atoms with Gasteiger partial charge in [0.25, 0.3) is 0 Å². The summed E-state index contributed by atoms with van der Waals surface area (Å²) in [6.45, 7) is 4.63. The highest BCUT2D eigenvalue weighted by Gasteiger charge is 2.60. The second-order valence-corrected chi connectivity index (χ2v) is 8.77. The summed E-state index contributed by atoms with van der Waals surface area (Å²) in [5.41, 5.74) is 21.4. The molecule has 0 spiro atoms. The molecule has 4 heteroatoms. The SMILES string of the molecule is CC12Cc3nc4ccccc4c(N)c3C1(C)c1c(nc3ccccc3c1N)C2. The Morgan fingerprint density at radius 1 is 0.714 bits per heavy atom. The van der Waals surface area contributed by atoms with Gasteiger partial charge in [0, 0.05) is 50.1 Å². The first-order valence-electron chi connectivity index (χ1n) is 9.79. The average Bonchev–Trinajstić information content (AvgIpc) is 3.02. The van der Waals surface area contributed by atoms with Crippen LogP contribution in [0.2, 0.25) is 0 Å². The molecule has 0 radical (unpaired) electrons. The highest BCUT2D eigenvalue weighted by atomic mass is 14.8. The smallest absolute Gasteiger partial charge is 0.0726 e. The number of hydrogen-bond donors (Lipinski definition) is 2. The lowest BCUT2D eigenvalue weighted by molar-refractivity contribution is 0.244. The summed E-state index contributed by atoms with van der Waals surface area (Å²) < 4.78 is 0. The average molecular weight is 366 g/mol. The van der Waals surface area contributed by atoms with Gasteiger partial charge >= 0.3 is 0 Å². The van der Waals surface area contributed by atoms with Crippen LogP contribution in [-0.4, -0.2) is 9.97 Å². The zero-order chi connectivity index (χ0) is 19.3.